The van der Waals surface area contributed by atoms with Gasteiger partial charge in [-0.15, -0.1) is 0 Å². The summed E-state index contributed by atoms with van der Waals surface area (Å²) < 4.78 is 0. The van der Waals surface area contributed by atoms with Gasteiger partial charge in [0.15, 0.2) is 0 Å². The van der Waals surface area contributed by atoms with Crippen molar-refractivity contribution in [2.24, 2.45) is 11.8 Å². The number of hydrogen-bond acceptors (Lipinski definition) is 1. The van der Waals surface area contributed by atoms with Crippen molar-refractivity contribution in [2.75, 3.05) is 13.6 Å². The van der Waals surface area contributed by atoms with Gasteiger partial charge in [-0.2, -0.15) is 0 Å². The lowest BCUT2D eigenvalue weighted by molar-refractivity contribution is -0.129. The molecular weight excluding hydrogens is 198 g/mol. The smallest absolute Gasteiger partial charge is 0.222 e. The van der Waals surface area contributed by atoms with Crippen molar-refractivity contribution in [2.45, 2.75) is 46.0 Å². The van der Waals surface area contributed by atoms with Crippen molar-refractivity contribution >= 4 is 5.91 Å². The summed E-state index contributed by atoms with van der Waals surface area (Å²) in [6.45, 7) is 5.06. The summed E-state index contributed by atoms with van der Waals surface area (Å²) >= 11 is 0. The van der Waals surface area contributed by atoms with Crippen LogP contribution in [-0.2, 0) is 4.79 Å². The highest BCUT2D eigenvalue weighted by Gasteiger charge is 2.37. The standard InChI is InChI=1S/C14H25NO/c1-4-6-7-8-9-12-10-13(12)11-15(3)14(16)5-2/h6-7,12-13H,4-5,8-11H2,1-3H3/b7-6-. The summed E-state index contributed by atoms with van der Waals surface area (Å²) in [4.78, 5) is 13.3. The first-order chi connectivity index (χ1) is 7.69. The Morgan fingerprint density at radius 1 is 1.31 bits per heavy atom. The zero-order chi connectivity index (χ0) is 12.0. The van der Waals surface area contributed by atoms with Crippen molar-refractivity contribution in [1.29, 1.82) is 0 Å². The number of hydrogen-bond donors (Lipinski definition) is 0. The number of carbonyl (C=O) groups is 1. The van der Waals surface area contributed by atoms with Crippen LogP contribution in [0.25, 0.3) is 0 Å². The fraction of sp³-hybridized carbons (Fsp3) is 0.786. The lowest BCUT2D eigenvalue weighted by atomic mass is 10.1. The zero-order valence-corrected chi connectivity index (χ0v) is 10.9. The molecule has 0 aliphatic heterocycles. The van der Waals surface area contributed by atoms with Gasteiger partial charge in [0, 0.05) is 20.0 Å². The number of nitrogens with zero attached hydrogens (tertiary/aromatic N) is 1. The molecule has 0 aromatic rings. The van der Waals surface area contributed by atoms with Crippen LogP contribution in [0, 0.1) is 11.8 Å². The predicted octanol–water partition coefficient (Wildman–Crippen LogP) is 3.24. The monoisotopic (exact) mass is 223 g/mol. The van der Waals surface area contributed by atoms with Gasteiger partial charge in [-0.3, -0.25) is 4.79 Å². The molecule has 2 heteroatoms. The molecule has 1 rings (SSSR count). The molecule has 1 aliphatic rings. The van der Waals surface area contributed by atoms with Crippen LogP contribution in [0.3, 0.4) is 0 Å². The highest BCUT2D eigenvalue weighted by molar-refractivity contribution is 5.75. The second kappa shape index (κ2) is 6.72. The summed E-state index contributed by atoms with van der Waals surface area (Å²) in [6.07, 6.45) is 10.1. The number of amides is 1. The molecule has 1 saturated carbocycles. The van der Waals surface area contributed by atoms with Crippen molar-refractivity contribution < 1.29 is 4.79 Å². The molecule has 0 spiro atoms. The van der Waals surface area contributed by atoms with Gasteiger partial charge < -0.3 is 4.90 Å². The molecular formula is C14H25NO. The molecule has 0 aromatic carbocycles. The maximum atomic E-state index is 11.4. The minimum absolute atomic E-state index is 0.275. The minimum Gasteiger partial charge on any atom is -0.345 e. The van der Waals surface area contributed by atoms with Gasteiger partial charge in [-0.25, -0.2) is 0 Å². The van der Waals surface area contributed by atoms with Gasteiger partial charge >= 0.3 is 0 Å². The quantitative estimate of drug-likeness (QED) is 0.607. The molecule has 1 aliphatic carbocycles. The van der Waals surface area contributed by atoms with E-state index in [9.17, 15) is 4.79 Å². The molecule has 0 aromatic heterocycles. The normalized spacial score (nSPS) is 23.7. The van der Waals surface area contributed by atoms with E-state index < -0.39 is 0 Å². The van der Waals surface area contributed by atoms with Crippen LogP contribution in [-0.4, -0.2) is 24.4 Å². The molecule has 2 unspecified atom stereocenters. The second-order valence-electron chi connectivity index (χ2n) is 4.84. The highest BCUT2D eigenvalue weighted by atomic mass is 16.2. The Morgan fingerprint density at radius 2 is 2.06 bits per heavy atom. The maximum absolute atomic E-state index is 11.4. The van der Waals surface area contributed by atoms with Crippen molar-refractivity contribution in [3.63, 3.8) is 0 Å². The molecule has 0 heterocycles. The maximum Gasteiger partial charge on any atom is 0.222 e. The zero-order valence-electron chi connectivity index (χ0n) is 10.9. The Bertz CT molecular complexity index is 247. The van der Waals surface area contributed by atoms with Crippen LogP contribution in [0.1, 0.15) is 46.0 Å². The molecule has 92 valence electrons. The average Bonchev–Trinajstić information content (AvgIpc) is 3.01. The van der Waals surface area contributed by atoms with E-state index in [-0.39, 0.29) is 5.91 Å². The Hall–Kier alpha value is -0.790. The van der Waals surface area contributed by atoms with Gasteiger partial charge in [0.1, 0.15) is 0 Å². The third kappa shape index (κ3) is 4.38. The second-order valence-corrected chi connectivity index (χ2v) is 4.84. The van der Waals surface area contributed by atoms with Crippen LogP contribution in [0.5, 0.6) is 0 Å². The largest absolute Gasteiger partial charge is 0.345 e. The van der Waals surface area contributed by atoms with E-state index in [2.05, 4.69) is 19.1 Å². The van der Waals surface area contributed by atoms with Crippen LogP contribution in [0.4, 0.5) is 0 Å². The van der Waals surface area contributed by atoms with E-state index >= 15 is 0 Å². The Balaban J connectivity index is 2.10. The van der Waals surface area contributed by atoms with E-state index in [1.807, 2.05) is 18.9 Å². The Labute approximate surface area is 99.7 Å². The fourth-order valence-corrected chi connectivity index (χ4v) is 2.21. The van der Waals surface area contributed by atoms with Crippen LogP contribution in [0.15, 0.2) is 12.2 Å². The SMILES string of the molecule is CC/C=C\CCC1CC1CN(C)C(=O)CC. The summed E-state index contributed by atoms with van der Waals surface area (Å²) in [5.74, 6) is 1.92. The number of carbonyl (C=O) groups excluding carboxylic acids is 1. The van der Waals surface area contributed by atoms with Crippen LogP contribution in [0.2, 0.25) is 0 Å². The average molecular weight is 223 g/mol. The van der Waals surface area contributed by atoms with E-state index in [0.717, 1.165) is 24.8 Å². The predicted molar refractivity (Wildman–Crippen MR) is 68.2 cm³/mol. The van der Waals surface area contributed by atoms with Crippen molar-refractivity contribution in [3.05, 3.63) is 12.2 Å². The molecule has 1 amide bonds. The topological polar surface area (TPSA) is 20.3 Å². The van der Waals surface area contributed by atoms with Crippen molar-refractivity contribution in [1.82, 2.24) is 4.90 Å². The fourth-order valence-electron chi connectivity index (χ4n) is 2.21. The summed E-state index contributed by atoms with van der Waals surface area (Å²) in [5, 5.41) is 0. The lowest BCUT2D eigenvalue weighted by Crippen LogP contribution is -2.28. The molecule has 16 heavy (non-hydrogen) atoms. The number of rotatable bonds is 7. The van der Waals surface area contributed by atoms with Crippen LogP contribution >= 0.6 is 0 Å². The van der Waals surface area contributed by atoms with Gasteiger partial charge in [0.25, 0.3) is 0 Å². The molecule has 0 radical (unpaired) electrons. The summed E-state index contributed by atoms with van der Waals surface area (Å²) in [7, 11) is 1.93. The first kappa shape index (κ1) is 13.3. The molecule has 0 N–H and O–H groups in total. The first-order valence-electron chi connectivity index (χ1n) is 6.58. The highest BCUT2D eigenvalue weighted by Crippen LogP contribution is 2.42. The third-order valence-electron chi connectivity index (χ3n) is 3.41. The third-order valence-corrected chi connectivity index (χ3v) is 3.41. The van der Waals surface area contributed by atoms with E-state index in [1.165, 1.54) is 19.3 Å². The summed E-state index contributed by atoms with van der Waals surface area (Å²) in [5.41, 5.74) is 0. The van der Waals surface area contributed by atoms with Crippen molar-refractivity contribution in [3.8, 4) is 0 Å². The van der Waals surface area contributed by atoms with Gasteiger partial charge in [-0.05, 0) is 37.5 Å². The molecule has 0 bridgehead atoms. The Morgan fingerprint density at radius 3 is 2.69 bits per heavy atom. The van der Waals surface area contributed by atoms with E-state index in [1.54, 1.807) is 0 Å². The first-order valence-corrected chi connectivity index (χ1v) is 6.58. The number of allylic oxidation sites excluding steroid dienone is 2. The van der Waals surface area contributed by atoms with Gasteiger partial charge in [0.2, 0.25) is 5.91 Å². The lowest BCUT2D eigenvalue weighted by Gasteiger charge is -2.15. The molecule has 2 nitrogen and oxygen atoms in total. The van der Waals surface area contributed by atoms with E-state index in [4.69, 9.17) is 0 Å². The molecule has 0 saturated heterocycles. The molecule has 1 fully saturated rings. The van der Waals surface area contributed by atoms with Crippen LogP contribution < -0.4 is 0 Å². The van der Waals surface area contributed by atoms with Gasteiger partial charge in [-0.1, -0.05) is 26.0 Å². The summed E-state index contributed by atoms with van der Waals surface area (Å²) in [6, 6.07) is 0. The molecule has 2 atom stereocenters. The Kier molecular flexibility index (Phi) is 5.58. The minimum atomic E-state index is 0.275. The van der Waals surface area contributed by atoms with Gasteiger partial charge in [0.05, 0.1) is 0 Å². The van der Waals surface area contributed by atoms with E-state index in [0.29, 0.717) is 6.42 Å².